The van der Waals surface area contributed by atoms with Crippen molar-refractivity contribution in [1.82, 2.24) is 4.98 Å². The number of rotatable bonds is 4. The van der Waals surface area contributed by atoms with Crippen molar-refractivity contribution in [2.75, 3.05) is 19.8 Å². The Balaban J connectivity index is 1.94. The maximum atomic E-state index is 5.58. The molecule has 2 rings (SSSR count). The summed E-state index contributed by atoms with van der Waals surface area (Å²) in [6.07, 6.45) is 3.73. The van der Waals surface area contributed by atoms with Gasteiger partial charge in [-0.15, -0.1) is 0 Å². The lowest BCUT2D eigenvalue weighted by atomic mass is 10.1. The summed E-state index contributed by atoms with van der Waals surface area (Å²) in [4.78, 5) is 4.44. The maximum absolute atomic E-state index is 5.58. The number of oxazole rings is 1. The van der Waals surface area contributed by atoms with Crippen molar-refractivity contribution in [1.29, 1.82) is 0 Å². The van der Waals surface area contributed by atoms with Gasteiger partial charge in [-0.1, -0.05) is 6.92 Å². The van der Waals surface area contributed by atoms with Crippen LogP contribution in [0, 0.1) is 5.92 Å². The van der Waals surface area contributed by atoms with Crippen molar-refractivity contribution in [2.24, 2.45) is 11.7 Å². The Bertz CT molecular complexity index is 305. The molecule has 15 heavy (non-hydrogen) atoms. The summed E-state index contributed by atoms with van der Waals surface area (Å²) in [5.74, 6) is 1.67. The van der Waals surface area contributed by atoms with E-state index in [1.807, 2.05) is 0 Å². The van der Waals surface area contributed by atoms with Crippen LogP contribution in [0.2, 0.25) is 0 Å². The van der Waals surface area contributed by atoms with Crippen molar-refractivity contribution in [3.8, 4) is 0 Å². The molecule has 1 fully saturated rings. The van der Waals surface area contributed by atoms with Crippen LogP contribution in [-0.2, 0) is 11.2 Å². The fraction of sp³-hybridized carbons (Fsp3) is 0.727. The van der Waals surface area contributed by atoms with Gasteiger partial charge in [0, 0.05) is 32.1 Å². The Morgan fingerprint density at radius 3 is 3.20 bits per heavy atom. The molecule has 1 aromatic heterocycles. The van der Waals surface area contributed by atoms with Crippen LogP contribution < -0.4 is 5.73 Å². The molecule has 1 aliphatic heterocycles. The van der Waals surface area contributed by atoms with Crippen molar-refractivity contribution < 1.29 is 9.15 Å². The summed E-state index contributed by atoms with van der Waals surface area (Å²) in [5.41, 5.74) is 6.54. The highest BCUT2D eigenvalue weighted by atomic mass is 16.5. The molecule has 0 aliphatic carbocycles. The summed E-state index contributed by atoms with van der Waals surface area (Å²) in [6, 6.07) is 0. The summed E-state index contributed by atoms with van der Waals surface area (Å²) < 4.78 is 10.7. The average Bonchev–Trinajstić information content (AvgIpc) is 2.88. The first-order valence-electron chi connectivity index (χ1n) is 5.51. The van der Waals surface area contributed by atoms with E-state index in [1.165, 1.54) is 0 Å². The Morgan fingerprint density at radius 2 is 2.53 bits per heavy atom. The molecule has 2 heterocycles. The van der Waals surface area contributed by atoms with E-state index in [-0.39, 0.29) is 5.92 Å². The molecule has 2 unspecified atom stereocenters. The van der Waals surface area contributed by atoms with Gasteiger partial charge in [-0.3, -0.25) is 0 Å². The minimum atomic E-state index is 0.280. The number of nitrogens with zero attached hydrogens (tertiary/aromatic N) is 1. The standard InChI is InChI=1S/C11H18N2O2/c1-8(5-12)10-7-15-11(13-10)4-9-2-3-14-6-9/h7-9H,2-6,12H2,1H3. The van der Waals surface area contributed by atoms with Crippen LogP contribution in [-0.4, -0.2) is 24.7 Å². The van der Waals surface area contributed by atoms with Gasteiger partial charge < -0.3 is 14.9 Å². The van der Waals surface area contributed by atoms with Gasteiger partial charge in [0.15, 0.2) is 5.89 Å². The van der Waals surface area contributed by atoms with Crippen LogP contribution in [0.3, 0.4) is 0 Å². The Hall–Kier alpha value is -0.870. The van der Waals surface area contributed by atoms with Gasteiger partial charge in [-0.2, -0.15) is 0 Å². The van der Waals surface area contributed by atoms with E-state index in [4.69, 9.17) is 14.9 Å². The van der Waals surface area contributed by atoms with E-state index < -0.39 is 0 Å². The zero-order valence-electron chi connectivity index (χ0n) is 9.11. The largest absolute Gasteiger partial charge is 0.449 e. The fourth-order valence-electron chi connectivity index (χ4n) is 1.76. The van der Waals surface area contributed by atoms with Gasteiger partial charge in [0.2, 0.25) is 0 Å². The molecule has 0 amide bonds. The van der Waals surface area contributed by atoms with E-state index in [9.17, 15) is 0 Å². The molecule has 1 saturated heterocycles. The number of aromatic nitrogens is 1. The first-order valence-corrected chi connectivity index (χ1v) is 5.51. The molecule has 4 heteroatoms. The van der Waals surface area contributed by atoms with Crippen molar-refractivity contribution in [3.63, 3.8) is 0 Å². The number of hydrogen-bond donors (Lipinski definition) is 1. The maximum Gasteiger partial charge on any atom is 0.194 e. The molecule has 0 radical (unpaired) electrons. The van der Waals surface area contributed by atoms with Crippen LogP contribution in [0.25, 0.3) is 0 Å². The molecule has 84 valence electrons. The lowest BCUT2D eigenvalue weighted by Gasteiger charge is -2.03. The summed E-state index contributed by atoms with van der Waals surface area (Å²) in [6.45, 7) is 4.38. The molecule has 0 spiro atoms. The molecule has 1 aromatic rings. The van der Waals surface area contributed by atoms with Crippen LogP contribution in [0.5, 0.6) is 0 Å². The Kier molecular flexibility index (Phi) is 3.38. The van der Waals surface area contributed by atoms with E-state index in [1.54, 1.807) is 6.26 Å². The third kappa shape index (κ3) is 2.58. The Morgan fingerprint density at radius 1 is 1.67 bits per heavy atom. The van der Waals surface area contributed by atoms with Gasteiger partial charge in [-0.25, -0.2) is 4.98 Å². The van der Waals surface area contributed by atoms with Crippen molar-refractivity contribution >= 4 is 0 Å². The second-order valence-corrected chi connectivity index (χ2v) is 4.24. The monoisotopic (exact) mass is 210 g/mol. The number of hydrogen-bond acceptors (Lipinski definition) is 4. The molecule has 1 aliphatic rings. The van der Waals surface area contributed by atoms with Crippen LogP contribution in [0.15, 0.2) is 10.7 Å². The second-order valence-electron chi connectivity index (χ2n) is 4.24. The molecule has 2 N–H and O–H groups in total. The topological polar surface area (TPSA) is 61.3 Å². The molecule has 0 bridgehead atoms. The third-order valence-electron chi connectivity index (χ3n) is 2.92. The van der Waals surface area contributed by atoms with E-state index in [0.29, 0.717) is 12.5 Å². The lowest BCUT2D eigenvalue weighted by molar-refractivity contribution is 0.184. The lowest BCUT2D eigenvalue weighted by Crippen LogP contribution is -2.09. The quantitative estimate of drug-likeness (QED) is 0.814. The van der Waals surface area contributed by atoms with Gasteiger partial charge in [0.05, 0.1) is 5.69 Å². The summed E-state index contributed by atoms with van der Waals surface area (Å²) in [5, 5.41) is 0. The van der Waals surface area contributed by atoms with E-state index in [2.05, 4.69) is 11.9 Å². The molecule has 0 saturated carbocycles. The van der Waals surface area contributed by atoms with Gasteiger partial charge in [-0.05, 0) is 12.3 Å². The highest BCUT2D eigenvalue weighted by molar-refractivity contribution is 5.04. The van der Waals surface area contributed by atoms with Gasteiger partial charge in [0.25, 0.3) is 0 Å². The molecule has 0 aromatic carbocycles. The number of nitrogens with two attached hydrogens (primary N) is 1. The van der Waals surface area contributed by atoms with Crippen LogP contribution in [0.4, 0.5) is 0 Å². The third-order valence-corrected chi connectivity index (χ3v) is 2.92. The minimum Gasteiger partial charge on any atom is -0.449 e. The molecule has 4 nitrogen and oxygen atoms in total. The molecular weight excluding hydrogens is 192 g/mol. The van der Waals surface area contributed by atoms with E-state index in [0.717, 1.165) is 37.6 Å². The zero-order chi connectivity index (χ0) is 10.7. The first kappa shape index (κ1) is 10.6. The summed E-state index contributed by atoms with van der Waals surface area (Å²) >= 11 is 0. The minimum absolute atomic E-state index is 0.280. The normalized spacial score (nSPS) is 23.2. The SMILES string of the molecule is CC(CN)c1coc(CC2CCOC2)n1. The predicted molar refractivity (Wildman–Crippen MR) is 56.6 cm³/mol. The Labute approximate surface area is 89.8 Å². The highest BCUT2D eigenvalue weighted by Crippen LogP contribution is 2.19. The summed E-state index contributed by atoms with van der Waals surface area (Å²) in [7, 11) is 0. The highest BCUT2D eigenvalue weighted by Gasteiger charge is 2.19. The predicted octanol–water partition coefficient (Wildman–Crippen LogP) is 1.32. The second kappa shape index (κ2) is 4.77. The fourth-order valence-corrected chi connectivity index (χ4v) is 1.76. The van der Waals surface area contributed by atoms with Gasteiger partial charge >= 0.3 is 0 Å². The zero-order valence-corrected chi connectivity index (χ0v) is 9.11. The molecular formula is C11H18N2O2. The smallest absolute Gasteiger partial charge is 0.194 e. The first-order chi connectivity index (χ1) is 7.29. The van der Waals surface area contributed by atoms with Crippen molar-refractivity contribution in [3.05, 3.63) is 17.8 Å². The van der Waals surface area contributed by atoms with Crippen LogP contribution in [0.1, 0.15) is 30.8 Å². The van der Waals surface area contributed by atoms with Crippen LogP contribution >= 0.6 is 0 Å². The van der Waals surface area contributed by atoms with E-state index >= 15 is 0 Å². The van der Waals surface area contributed by atoms with Gasteiger partial charge in [0.1, 0.15) is 6.26 Å². The average molecular weight is 210 g/mol. The molecule has 2 atom stereocenters. The van der Waals surface area contributed by atoms with Crippen molar-refractivity contribution in [2.45, 2.75) is 25.7 Å². The number of ether oxygens (including phenoxy) is 1.